The minimum atomic E-state index is -5.61. The van der Waals surface area contributed by atoms with Crippen molar-refractivity contribution < 1.29 is 31.5 Å². The molecular formula is C12H13F5N2O2. The number of hydrazine groups is 1. The molecule has 0 aliphatic heterocycles. The van der Waals surface area contributed by atoms with Gasteiger partial charge in [-0.1, -0.05) is 30.3 Å². The molecule has 0 spiro atoms. The second-order valence-corrected chi connectivity index (χ2v) is 4.07. The highest BCUT2D eigenvalue weighted by molar-refractivity contribution is 5.66. The van der Waals surface area contributed by atoms with Crippen molar-refractivity contribution >= 4 is 6.09 Å². The zero-order chi connectivity index (χ0) is 15.9. The third kappa shape index (κ3) is 5.94. The Morgan fingerprint density at radius 1 is 1.10 bits per heavy atom. The van der Waals surface area contributed by atoms with Gasteiger partial charge in [0.15, 0.2) is 0 Å². The number of ether oxygens (including phenoxy) is 1. The molecule has 1 amide bonds. The molecular weight excluding hydrogens is 299 g/mol. The van der Waals surface area contributed by atoms with Gasteiger partial charge in [0.2, 0.25) is 0 Å². The van der Waals surface area contributed by atoms with Crippen LogP contribution in [0, 0.1) is 0 Å². The van der Waals surface area contributed by atoms with Crippen LogP contribution in [0.5, 0.6) is 0 Å². The number of halogens is 5. The van der Waals surface area contributed by atoms with E-state index in [-0.39, 0.29) is 6.61 Å². The van der Waals surface area contributed by atoms with Crippen LogP contribution < -0.4 is 10.9 Å². The van der Waals surface area contributed by atoms with E-state index in [1.165, 1.54) is 0 Å². The van der Waals surface area contributed by atoms with Crippen LogP contribution in [0.1, 0.15) is 12.0 Å². The van der Waals surface area contributed by atoms with E-state index in [2.05, 4.69) is 0 Å². The van der Waals surface area contributed by atoms with E-state index in [1.54, 1.807) is 30.3 Å². The summed E-state index contributed by atoms with van der Waals surface area (Å²) in [6.45, 7) is -0.806. The first-order valence-corrected chi connectivity index (χ1v) is 5.86. The highest BCUT2D eigenvalue weighted by Gasteiger charge is 2.56. The first-order valence-electron chi connectivity index (χ1n) is 5.86. The fourth-order valence-electron chi connectivity index (χ4n) is 1.26. The van der Waals surface area contributed by atoms with E-state index in [0.717, 1.165) is 0 Å². The molecule has 0 atom stereocenters. The van der Waals surface area contributed by atoms with Gasteiger partial charge in [0.05, 0.1) is 0 Å². The lowest BCUT2D eigenvalue weighted by molar-refractivity contribution is -0.283. The van der Waals surface area contributed by atoms with Gasteiger partial charge in [-0.2, -0.15) is 22.0 Å². The number of benzene rings is 1. The highest BCUT2D eigenvalue weighted by atomic mass is 19.4. The molecule has 9 heteroatoms. The third-order valence-electron chi connectivity index (χ3n) is 2.38. The Bertz CT molecular complexity index is 451. The van der Waals surface area contributed by atoms with Crippen molar-refractivity contribution in [3.8, 4) is 0 Å². The zero-order valence-corrected chi connectivity index (χ0v) is 10.7. The average Bonchev–Trinajstić information content (AvgIpc) is 2.41. The average molecular weight is 312 g/mol. The van der Waals surface area contributed by atoms with E-state index < -0.39 is 31.2 Å². The van der Waals surface area contributed by atoms with Crippen LogP contribution in [0.2, 0.25) is 0 Å². The number of nitrogens with one attached hydrogen (secondary N) is 2. The normalized spacial score (nSPS) is 12.0. The van der Waals surface area contributed by atoms with Gasteiger partial charge in [-0.3, -0.25) is 5.43 Å². The maximum Gasteiger partial charge on any atom is 0.453 e. The standard InChI is InChI=1S/C12H13F5N2O2/c13-11(14,12(15,16)17)6-7-18-19-10(20)21-8-9-4-2-1-3-5-9/h1-5,18H,6-8H2,(H,19,20). The van der Waals surface area contributed by atoms with Gasteiger partial charge in [0, 0.05) is 13.0 Å². The van der Waals surface area contributed by atoms with E-state index >= 15 is 0 Å². The summed E-state index contributed by atoms with van der Waals surface area (Å²) in [5.41, 5.74) is 4.52. The van der Waals surface area contributed by atoms with E-state index in [4.69, 9.17) is 4.74 Å². The van der Waals surface area contributed by atoms with Crippen LogP contribution in [-0.2, 0) is 11.3 Å². The highest BCUT2D eigenvalue weighted by Crippen LogP contribution is 2.37. The Morgan fingerprint density at radius 3 is 2.29 bits per heavy atom. The van der Waals surface area contributed by atoms with E-state index in [0.29, 0.717) is 5.56 Å². The van der Waals surface area contributed by atoms with Crippen molar-refractivity contribution in [1.29, 1.82) is 0 Å². The van der Waals surface area contributed by atoms with Crippen molar-refractivity contribution in [1.82, 2.24) is 10.9 Å². The number of amides is 1. The number of alkyl halides is 5. The summed E-state index contributed by atoms with van der Waals surface area (Å²) < 4.78 is 65.3. The molecule has 21 heavy (non-hydrogen) atoms. The van der Waals surface area contributed by atoms with Crippen LogP contribution in [0.25, 0.3) is 0 Å². The molecule has 0 aromatic heterocycles. The van der Waals surface area contributed by atoms with E-state index in [1.807, 2.05) is 10.9 Å². The molecule has 0 aliphatic rings. The molecule has 0 saturated heterocycles. The van der Waals surface area contributed by atoms with Crippen LogP contribution in [-0.4, -0.2) is 24.7 Å². The lowest BCUT2D eigenvalue weighted by Gasteiger charge is -2.19. The summed E-state index contributed by atoms with van der Waals surface area (Å²) >= 11 is 0. The summed E-state index contributed by atoms with van der Waals surface area (Å²) in [6.07, 6.45) is -8.08. The Hall–Kier alpha value is -1.90. The van der Waals surface area contributed by atoms with Gasteiger partial charge in [0.1, 0.15) is 6.61 Å². The molecule has 0 radical (unpaired) electrons. The Morgan fingerprint density at radius 2 is 1.71 bits per heavy atom. The van der Waals surface area contributed by atoms with Crippen molar-refractivity contribution in [2.75, 3.05) is 6.54 Å². The second kappa shape index (κ2) is 7.21. The predicted molar refractivity (Wildman–Crippen MR) is 63.4 cm³/mol. The monoisotopic (exact) mass is 312 g/mol. The first-order chi connectivity index (χ1) is 9.72. The Labute approximate surface area is 117 Å². The number of carbonyl (C=O) groups excluding carboxylic acids is 1. The molecule has 1 rings (SSSR count). The lowest BCUT2D eigenvalue weighted by atomic mass is 10.2. The fourth-order valence-corrected chi connectivity index (χ4v) is 1.26. The Kier molecular flexibility index (Phi) is 5.89. The maximum atomic E-state index is 12.5. The number of rotatable bonds is 6. The first kappa shape index (κ1) is 17.2. The number of carbonyl (C=O) groups is 1. The molecule has 1 aromatic rings. The topological polar surface area (TPSA) is 50.4 Å². The summed E-state index contributed by atoms with van der Waals surface area (Å²) in [5.74, 6) is -4.81. The molecule has 4 nitrogen and oxygen atoms in total. The smallest absolute Gasteiger partial charge is 0.444 e. The maximum absolute atomic E-state index is 12.5. The van der Waals surface area contributed by atoms with Gasteiger partial charge in [-0.15, -0.1) is 0 Å². The molecule has 118 valence electrons. The van der Waals surface area contributed by atoms with E-state index in [9.17, 15) is 26.7 Å². The Balaban J connectivity index is 2.20. The van der Waals surface area contributed by atoms with Gasteiger partial charge >= 0.3 is 18.2 Å². The summed E-state index contributed by atoms with van der Waals surface area (Å²) in [6, 6.07) is 8.63. The molecule has 0 aliphatic carbocycles. The van der Waals surface area contributed by atoms with Gasteiger partial charge in [-0.05, 0) is 5.56 Å². The van der Waals surface area contributed by atoms with Gasteiger partial charge in [0.25, 0.3) is 0 Å². The molecule has 1 aromatic carbocycles. The number of hydrogen-bond donors (Lipinski definition) is 2. The van der Waals surface area contributed by atoms with Crippen LogP contribution in [0.15, 0.2) is 30.3 Å². The second-order valence-electron chi connectivity index (χ2n) is 4.07. The largest absolute Gasteiger partial charge is 0.453 e. The minimum absolute atomic E-state index is 0.0485. The zero-order valence-electron chi connectivity index (χ0n) is 10.7. The third-order valence-corrected chi connectivity index (χ3v) is 2.38. The molecule has 0 saturated carbocycles. The predicted octanol–water partition coefficient (Wildman–Crippen LogP) is 3.01. The molecule has 0 bridgehead atoms. The summed E-state index contributed by atoms with van der Waals surface area (Å²) in [4.78, 5) is 11.1. The summed E-state index contributed by atoms with van der Waals surface area (Å²) in [5, 5.41) is 0. The van der Waals surface area contributed by atoms with Crippen molar-refractivity contribution in [3.05, 3.63) is 35.9 Å². The molecule has 0 fully saturated rings. The van der Waals surface area contributed by atoms with Crippen molar-refractivity contribution in [3.63, 3.8) is 0 Å². The minimum Gasteiger partial charge on any atom is -0.444 e. The molecule has 0 unspecified atom stereocenters. The van der Waals surface area contributed by atoms with Crippen molar-refractivity contribution in [2.24, 2.45) is 0 Å². The van der Waals surface area contributed by atoms with Crippen LogP contribution in [0.3, 0.4) is 0 Å². The fraction of sp³-hybridized carbons (Fsp3) is 0.417. The molecule has 0 heterocycles. The quantitative estimate of drug-likeness (QED) is 0.482. The van der Waals surface area contributed by atoms with Gasteiger partial charge < -0.3 is 4.74 Å². The SMILES string of the molecule is O=C(NNCCC(F)(F)C(F)(F)F)OCc1ccccc1. The van der Waals surface area contributed by atoms with Crippen LogP contribution in [0.4, 0.5) is 26.7 Å². The lowest BCUT2D eigenvalue weighted by Crippen LogP contribution is -2.43. The van der Waals surface area contributed by atoms with Gasteiger partial charge in [-0.25, -0.2) is 10.2 Å². The number of hydrogen-bond acceptors (Lipinski definition) is 3. The molecule has 2 N–H and O–H groups in total. The van der Waals surface area contributed by atoms with Crippen molar-refractivity contribution in [2.45, 2.75) is 25.1 Å². The summed E-state index contributed by atoms with van der Waals surface area (Å²) in [7, 11) is 0. The van der Waals surface area contributed by atoms with Crippen LogP contribution >= 0.6 is 0 Å².